The van der Waals surface area contributed by atoms with Gasteiger partial charge in [-0.15, -0.1) is 10.2 Å². The molecule has 0 aliphatic carbocycles. The first-order chi connectivity index (χ1) is 14.0. The Balaban J connectivity index is 1.93. The second-order valence-corrected chi connectivity index (χ2v) is 7.60. The van der Waals surface area contributed by atoms with Gasteiger partial charge in [-0.2, -0.15) is 5.26 Å². The molecule has 148 valence electrons. The fourth-order valence-electron chi connectivity index (χ4n) is 2.73. The van der Waals surface area contributed by atoms with E-state index in [2.05, 4.69) is 47.2 Å². The summed E-state index contributed by atoms with van der Waals surface area (Å²) in [6, 6.07) is 12.0. The van der Waals surface area contributed by atoms with Crippen molar-refractivity contribution in [1.29, 1.82) is 5.26 Å². The fraction of sp³-hybridized carbons (Fsp3) is 0.286. The molecule has 0 unspecified atom stereocenters. The number of nitriles is 1. The number of carbonyl (C=O) groups is 1. The molecule has 0 fully saturated rings. The SMILES string of the molecule is Cc1ccc(-n2c(SCC(=O)N(C)CCC#N)nnc2-c2ccncc2)cc1C. The van der Waals surface area contributed by atoms with Crippen molar-refractivity contribution in [1.82, 2.24) is 24.6 Å². The Morgan fingerprint density at radius 1 is 1.17 bits per heavy atom. The third-order valence-electron chi connectivity index (χ3n) is 4.63. The van der Waals surface area contributed by atoms with Crippen molar-refractivity contribution in [2.24, 2.45) is 0 Å². The molecular formula is C21H22N6OS. The molecule has 0 aliphatic heterocycles. The summed E-state index contributed by atoms with van der Waals surface area (Å²) in [5.41, 5.74) is 4.21. The lowest BCUT2D eigenvalue weighted by molar-refractivity contribution is -0.127. The Kier molecular flexibility index (Phi) is 6.62. The number of benzene rings is 1. The summed E-state index contributed by atoms with van der Waals surface area (Å²) in [5.74, 6) is 0.870. The second-order valence-electron chi connectivity index (χ2n) is 6.66. The predicted molar refractivity (Wildman–Crippen MR) is 113 cm³/mol. The number of aryl methyl sites for hydroxylation is 2. The van der Waals surface area contributed by atoms with Gasteiger partial charge in [0.05, 0.1) is 23.9 Å². The van der Waals surface area contributed by atoms with E-state index in [1.807, 2.05) is 22.8 Å². The Labute approximate surface area is 174 Å². The van der Waals surface area contributed by atoms with Crippen LogP contribution in [-0.2, 0) is 4.79 Å². The quantitative estimate of drug-likeness (QED) is 0.559. The lowest BCUT2D eigenvalue weighted by Crippen LogP contribution is -2.29. The van der Waals surface area contributed by atoms with Crippen LogP contribution in [0.15, 0.2) is 47.9 Å². The van der Waals surface area contributed by atoms with E-state index in [1.54, 1.807) is 24.3 Å². The van der Waals surface area contributed by atoms with E-state index in [4.69, 9.17) is 5.26 Å². The highest BCUT2D eigenvalue weighted by Gasteiger charge is 2.18. The van der Waals surface area contributed by atoms with E-state index in [0.717, 1.165) is 11.3 Å². The molecule has 0 spiro atoms. The number of pyridine rings is 1. The van der Waals surface area contributed by atoms with Gasteiger partial charge in [0.1, 0.15) is 0 Å². The van der Waals surface area contributed by atoms with Crippen molar-refractivity contribution < 1.29 is 4.79 Å². The molecule has 0 bridgehead atoms. The van der Waals surface area contributed by atoms with Crippen LogP contribution in [0.4, 0.5) is 0 Å². The largest absolute Gasteiger partial charge is 0.344 e. The second kappa shape index (κ2) is 9.34. The van der Waals surface area contributed by atoms with Gasteiger partial charge in [0.25, 0.3) is 0 Å². The number of nitrogens with zero attached hydrogens (tertiary/aromatic N) is 6. The maximum Gasteiger partial charge on any atom is 0.232 e. The minimum absolute atomic E-state index is 0.0506. The summed E-state index contributed by atoms with van der Waals surface area (Å²) in [4.78, 5) is 18.0. The lowest BCUT2D eigenvalue weighted by Gasteiger charge is -2.15. The molecule has 8 heteroatoms. The van der Waals surface area contributed by atoms with E-state index >= 15 is 0 Å². The summed E-state index contributed by atoms with van der Waals surface area (Å²) in [7, 11) is 1.71. The molecule has 3 rings (SSSR count). The van der Waals surface area contributed by atoms with Crippen molar-refractivity contribution in [3.8, 4) is 23.1 Å². The minimum Gasteiger partial charge on any atom is -0.344 e. The van der Waals surface area contributed by atoms with Crippen LogP contribution in [0.25, 0.3) is 17.1 Å². The smallest absolute Gasteiger partial charge is 0.232 e. The molecule has 2 aromatic heterocycles. The molecule has 1 amide bonds. The Bertz CT molecular complexity index is 1040. The summed E-state index contributed by atoms with van der Waals surface area (Å²) in [6.45, 7) is 4.55. The third kappa shape index (κ3) is 4.81. The zero-order valence-electron chi connectivity index (χ0n) is 16.7. The van der Waals surface area contributed by atoms with E-state index in [9.17, 15) is 4.79 Å². The number of aromatic nitrogens is 4. The number of thioether (sulfide) groups is 1. The van der Waals surface area contributed by atoms with Gasteiger partial charge in [-0.25, -0.2) is 0 Å². The molecule has 0 N–H and O–H groups in total. The lowest BCUT2D eigenvalue weighted by atomic mass is 10.1. The summed E-state index contributed by atoms with van der Waals surface area (Å²) in [6.07, 6.45) is 3.75. The molecule has 0 aliphatic rings. The number of amides is 1. The monoisotopic (exact) mass is 406 g/mol. The molecule has 0 atom stereocenters. The molecule has 0 saturated heterocycles. The van der Waals surface area contributed by atoms with Crippen molar-refractivity contribution in [3.05, 3.63) is 53.9 Å². The predicted octanol–water partition coefficient (Wildman–Crippen LogP) is 3.41. The molecule has 1 aromatic carbocycles. The molecule has 3 aromatic rings. The van der Waals surface area contributed by atoms with Crippen molar-refractivity contribution in [2.75, 3.05) is 19.3 Å². The highest BCUT2D eigenvalue weighted by Crippen LogP contribution is 2.28. The van der Waals surface area contributed by atoms with Crippen LogP contribution in [0.2, 0.25) is 0 Å². The maximum absolute atomic E-state index is 12.4. The van der Waals surface area contributed by atoms with Crippen LogP contribution >= 0.6 is 11.8 Å². The standard InChI is InChI=1S/C21H22N6OS/c1-15-5-6-18(13-16(15)2)27-20(17-7-10-23-11-8-17)24-25-21(27)29-14-19(28)26(3)12-4-9-22/h5-8,10-11,13H,4,12,14H2,1-3H3. The number of carbonyl (C=O) groups excluding carboxylic acids is 1. The molecular weight excluding hydrogens is 384 g/mol. The van der Waals surface area contributed by atoms with Gasteiger partial charge in [0.15, 0.2) is 11.0 Å². The Morgan fingerprint density at radius 2 is 1.93 bits per heavy atom. The normalized spacial score (nSPS) is 10.6. The van der Waals surface area contributed by atoms with Gasteiger partial charge in [-0.1, -0.05) is 17.8 Å². The van der Waals surface area contributed by atoms with Crippen molar-refractivity contribution in [2.45, 2.75) is 25.4 Å². The van der Waals surface area contributed by atoms with Gasteiger partial charge in [-0.3, -0.25) is 14.3 Å². The van der Waals surface area contributed by atoms with E-state index in [-0.39, 0.29) is 11.7 Å². The molecule has 7 nitrogen and oxygen atoms in total. The fourth-order valence-corrected chi connectivity index (χ4v) is 3.62. The number of rotatable bonds is 7. The van der Waals surface area contributed by atoms with E-state index in [1.165, 1.54) is 22.9 Å². The van der Waals surface area contributed by atoms with Crippen LogP contribution in [-0.4, -0.2) is 49.9 Å². The summed E-state index contributed by atoms with van der Waals surface area (Å²) >= 11 is 1.34. The van der Waals surface area contributed by atoms with Crippen LogP contribution in [0.3, 0.4) is 0 Å². The molecule has 2 heterocycles. The van der Waals surface area contributed by atoms with Crippen LogP contribution in [0, 0.1) is 25.2 Å². The molecule has 0 saturated carbocycles. The average molecular weight is 407 g/mol. The molecule has 0 radical (unpaired) electrons. The molecule has 29 heavy (non-hydrogen) atoms. The van der Waals surface area contributed by atoms with Gasteiger partial charge < -0.3 is 4.90 Å². The van der Waals surface area contributed by atoms with Crippen molar-refractivity contribution in [3.63, 3.8) is 0 Å². The highest BCUT2D eigenvalue weighted by atomic mass is 32.2. The van der Waals surface area contributed by atoms with Gasteiger partial charge in [0.2, 0.25) is 5.91 Å². The summed E-state index contributed by atoms with van der Waals surface area (Å²) in [5, 5.41) is 18.1. The van der Waals surface area contributed by atoms with Gasteiger partial charge in [0, 0.05) is 31.5 Å². The zero-order valence-corrected chi connectivity index (χ0v) is 17.5. The first-order valence-corrected chi connectivity index (χ1v) is 10.2. The van der Waals surface area contributed by atoms with Gasteiger partial charge in [-0.05, 0) is 49.2 Å². The van der Waals surface area contributed by atoms with Crippen LogP contribution in [0.1, 0.15) is 17.5 Å². The number of hydrogen-bond donors (Lipinski definition) is 0. The minimum atomic E-state index is -0.0506. The number of hydrogen-bond acceptors (Lipinski definition) is 6. The van der Waals surface area contributed by atoms with Crippen molar-refractivity contribution >= 4 is 17.7 Å². The third-order valence-corrected chi connectivity index (χ3v) is 5.54. The Morgan fingerprint density at radius 3 is 2.62 bits per heavy atom. The van der Waals surface area contributed by atoms with Crippen LogP contribution < -0.4 is 0 Å². The van der Waals surface area contributed by atoms with Gasteiger partial charge >= 0.3 is 0 Å². The topological polar surface area (TPSA) is 87.7 Å². The average Bonchev–Trinajstić information content (AvgIpc) is 3.16. The van der Waals surface area contributed by atoms with Crippen LogP contribution in [0.5, 0.6) is 0 Å². The van der Waals surface area contributed by atoms with E-state index < -0.39 is 0 Å². The summed E-state index contributed by atoms with van der Waals surface area (Å²) < 4.78 is 1.97. The first kappa shape index (κ1) is 20.6. The Hall–Kier alpha value is -3.18. The maximum atomic E-state index is 12.4. The first-order valence-electron chi connectivity index (χ1n) is 9.18. The van der Waals surface area contributed by atoms with E-state index in [0.29, 0.717) is 23.9 Å². The zero-order chi connectivity index (χ0) is 20.8. The highest BCUT2D eigenvalue weighted by molar-refractivity contribution is 7.99.